The van der Waals surface area contributed by atoms with Crippen LogP contribution in [-0.2, 0) is 17.9 Å². The van der Waals surface area contributed by atoms with Crippen molar-refractivity contribution in [1.82, 2.24) is 9.47 Å². The molecule has 3 aromatic rings. The Kier molecular flexibility index (Phi) is 5.07. The molecule has 2 heterocycles. The summed E-state index contributed by atoms with van der Waals surface area (Å²) >= 11 is 0.927. The number of carbonyl (C=O) groups is 2. The second-order valence-electron chi connectivity index (χ2n) is 6.58. The number of allylic oxidation sites excluding steroid dienone is 1. The van der Waals surface area contributed by atoms with Gasteiger partial charge in [-0.25, -0.2) is 0 Å². The number of hydrogen-bond acceptors (Lipinski definition) is 4. The number of amides is 2. The Bertz CT molecular complexity index is 1220. The van der Waals surface area contributed by atoms with Crippen molar-refractivity contribution in [3.63, 3.8) is 0 Å². The first-order valence-electron chi connectivity index (χ1n) is 9.04. The topological polar surface area (TPSA) is 66.1 Å². The van der Waals surface area contributed by atoms with Crippen LogP contribution in [0.5, 0.6) is 0 Å². The van der Waals surface area contributed by atoms with E-state index in [0.29, 0.717) is 22.6 Å². The van der Waals surface area contributed by atoms with Crippen LogP contribution in [0.1, 0.15) is 16.7 Å². The summed E-state index contributed by atoms with van der Waals surface area (Å²) in [5, 5.41) is 9.93. The predicted molar refractivity (Wildman–Crippen MR) is 115 cm³/mol. The lowest BCUT2D eigenvalue weighted by atomic mass is 10.1. The highest BCUT2D eigenvalue weighted by Gasteiger charge is 2.35. The summed E-state index contributed by atoms with van der Waals surface area (Å²) in [6.07, 6.45) is 5.55. The lowest BCUT2D eigenvalue weighted by Crippen LogP contribution is -2.27. The van der Waals surface area contributed by atoms with E-state index in [4.69, 9.17) is 0 Å². The van der Waals surface area contributed by atoms with Crippen molar-refractivity contribution in [2.75, 3.05) is 0 Å². The first-order valence-corrected chi connectivity index (χ1v) is 9.86. The zero-order chi connectivity index (χ0) is 20.4. The summed E-state index contributed by atoms with van der Waals surface area (Å²) in [4.78, 5) is 27.0. The molecule has 1 saturated heterocycles. The number of benzene rings is 2. The third-order valence-electron chi connectivity index (χ3n) is 4.77. The summed E-state index contributed by atoms with van der Waals surface area (Å²) in [7, 11) is 0. The van der Waals surface area contributed by atoms with E-state index in [2.05, 4.69) is 17.2 Å². The molecule has 1 aliphatic rings. The van der Waals surface area contributed by atoms with Crippen LogP contribution in [0, 0.1) is 11.3 Å². The van der Waals surface area contributed by atoms with Crippen LogP contribution >= 0.6 is 11.8 Å². The number of thioether (sulfide) groups is 1. The van der Waals surface area contributed by atoms with Crippen molar-refractivity contribution in [1.29, 1.82) is 5.26 Å². The SMILES string of the molecule is C=CCn1cc(/C=C2/SC(=O)N(Cc3ccccc3C#N)C2=O)c2ccccc21. The van der Waals surface area contributed by atoms with Gasteiger partial charge in [-0.15, -0.1) is 6.58 Å². The molecule has 4 rings (SSSR count). The molecule has 0 atom stereocenters. The van der Waals surface area contributed by atoms with Crippen molar-refractivity contribution >= 4 is 39.9 Å². The Morgan fingerprint density at radius 2 is 1.86 bits per heavy atom. The van der Waals surface area contributed by atoms with Crippen molar-refractivity contribution in [3.05, 3.63) is 89.0 Å². The number of nitriles is 1. The second kappa shape index (κ2) is 7.82. The minimum Gasteiger partial charge on any atom is -0.343 e. The fourth-order valence-electron chi connectivity index (χ4n) is 3.40. The van der Waals surface area contributed by atoms with Crippen LogP contribution in [0.15, 0.2) is 72.3 Å². The number of aromatic nitrogens is 1. The van der Waals surface area contributed by atoms with Gasteiger partial charge in [-0.3, -0.25) is 14.5 Å². The van der Waals surface area contributed by atoms with Gasteiger partial charge in [-0.2, -0.15) is 5.26 Å². The van der Waals surface area contributed by atoms with E-state index in [9.17, 15) is 14.9 Å². The van der Waals surface area contributed by atoms with E-state index < -0.39 is 0 Å². The molecule has 2 aromatic carbocycles. The highest BCUT2D eigenvalue weighted by molar-refractivity contribution is 8.18. The molecule has 0 bridgehead atoms. The molecular weight excluding hydrogens is 382 g/mol. The number of para-hydroxylation sites is 1. The second-order valence-corrected chi connectivity index (χ2v) is 7.57. The third kappa shape index (κ3) is 3.48. The number of carbonyl (C=O) groups excluding carboxylic acids is 2. The molecule has 1 aromatic heterocycles. The van der Waals surface area contributed by atoms with E-state index in [1.54, 1.807) is 30.3 Å². The molecule has 29 heavy (non-hydrogen) atoms. The molecule has 1 fully saturated rings. The molecule has 142 valence electrons. The molecule has 6 heteroatoms. The molecule has 0 aliphatic carbocycles. The molecular formula is C23H17N3O2S. The minimum atomic E-state index is -0.340. The quantitative estimate of drug-likeness (QED) is 0.450. The van der Waals surface area contributed by atoms with Crippen LogP contribution < -0.4 is 0 Å². The van der Waals surface area contributed by atoms with Crippen molar-refractivity contribution in [2.45, 2.75) is 13.1 Å². The fourth-order valence-corrected chi connectivity index (χ4v) is 4.22. The Hall–Kier alpha value is -3.56. The summed E-state index contributed by atoms with van der Waals surface area (Å²) in [5.74, 6) is -0.340. The highest BCUT2D eigenvalue weighted by Crippen LogP contribution is 2.35. The van der Waals surface area contributed by atoms with E-state index in [1.807, 2.05) is 36.5 Å². The van der Waals surface area contributed by atoms with Gasteiger partial charge in [0.2, 0.25) is 0 Å². The van der Waals surface area contributed by atoms with Gasteiger partial charge in [0.15, 0.2) is 0 Å². The molecule has 5 nitrogen and oxygen atoms in total. The zero-order valence-electron chi connectivity index (χ0n) is 15.5. The Balaban J connectivity index is 1.67. The molecule has 0 spiro atoms. The molecule has 0 saturated carbocycles. The standard InChI is InChI=1S/C23H17N3O2S/c1-2-11-25-14-18(19-9-5-6-10-20(19)25)12-21-22(27)26(23(28)29-21)15-17-8-4-3-7-16(17)13-24/h2-10,12,14H,1,11,15H2/b21-12+. The van der Waals surface area contributed by atoms with E-state index >= 15 is 0 Å². The number of hydrogen-bond donors (Lipinski definition) is 0. The van der Waals surface area contributed by atoms with Crippen LogP contribution in [0.4, 0.5) is 4.79 Å². The van der Waals surface area contributed by atoms with Crippen LogP contribution in [-0.4, -0.2) is 20.6 Å². The number of fused-ring (bicyclic) bond motifs is 1. The number of imide groups is 1. The third-order valence-corrected chi connectivity index (χ3v) is 5.68. The normalized spacial score (nSPS) is 15.3. The molecule has 1 aliphatic heterocycles. The van der Waals surface area contributed by atoms with Crippen LogP contribution in [0.2, 0.25) is 0 Å². The molecule has 0 unspecified atom stereocenters. The van der Waals surface area contributed by atoms with Crippen LogP contribution in [0.3, 0.4) is 0 Å². The van der Waals surface area contributed by atoms with E-state index in [1.165, 1.54) is 4.90 Å². The maximum absolute atomic E-state index is 12.9. The average Bonchev–Trinajstić information content (AvgIpc) is 3.21. The van der Waals surface area contributed by atoms with Gasteiger partial charge in [0, 0.05) is 29.2 Å². The van der Waals surface area contributed by atoms with Crippen molar-refractivity contribution in [2.24, 2.45) is 0 Å². The zero-order valence-corrected chi connectivity index (χ0v) is 16.4. The summed E-state index contributed by atoms with van der Waals surface area (Å²) in [5.41, 5.74) is 3.04. The van der Waals surface area contributed by atoms with Gasteiger partial charge in [0.25, 0.3) is 11.1 Å². The largest absolute Gasteiger partial charge is 0.343 e. The van der Waals surface area contributed by atoms with Gasteiger partial charge < -0.3 is 4.57 Å². The van der Waals surface area contributed by atoms with Gasteiger partial charge in [-0.05, 0) is 35.5 Å². The Labute approximate surface area is 172 Å². The first-order chi connectivity index (χ1) is 14.1. The summed E-state index contributed by atoms with van der Waals surface area (Å²) in [6.45, 7) is 4.53. The summed E-state index contributed by atoms with van der Waals surface area (Å²) in [6, 6.07) is 17.0. The lowest BCUT2D eigenvalue weighted by molar-refractivity contribution is -0.123. The molecule has 0 N–H and O–H groups in total. The lowest BCUT2D eigenvalue weighted by Gasteiger charge is -2.13. The maximum atomic E-state index is 12.9. The highest BCUT2D eigenvalue weighted by atomic mass is 32.2. The van der Waals surface area contributed by atoms with Gasteiger partial charge in [0.05, 0.1) is 23.1 Å². The van der Waals surface area contributed by atoms with Crippen LogP contribution in [0.25, 0.3) is 17.0 Å². The maximum Gasteiger partial charge on any atom is 0.293 e. The van der Waals surface area contributed by atoms with E-state index in [-0.39, 0.29) is 17.7 Å². The molecule has 0 radical (unpaired) electrons. The Morgan fingerprint density at radius 3 is 2.66 bits per heavy atom. The van der Waals surface area contributed by atoms with Crippen molar-refractivity contribution in [3.8, 4) is 6.07 Å². The number of nitrogens with zero attached hydrogens (tertiary/aromatic N) is 3. The van der Waals surface area contributed by atoms with Gasteiger partial charge in [-0.1, -0.05) is 42.5 Å². The first kappa shape index (κ1) is 18.8. The van der Waals surface area contributed by atoms with E-state index in [0.717, 1.165) is 28.2 Å². The predicted octanol–water partition coefficient (Wildman–Crippen LogP) is 4.94. The smallest absolute Gasteiger partial charge is 0.293 e. The number of rotatable bonds is 5. The average molecular weight is 399 g/mol. The van der Waals surface area contributed by atoms with Crippen molar-refractivity contribution < 1.29 is 9.59 Å². The monoisotopic (exact) mass is 399 g/mol. The fraction of sp³-hybridized carbons (Fsp3) is 0.0870. The summed E-state index contributed by atoms with van der Waals surface area (Å²) < 4.78 is 2.06. The van der Waals surface area contributed by atoms with Gasteiger partial charge in [0.1, 0.15) is 0 Å². The molecule has 2 amide bonds. The minimum absolute atomic E-state index is 0.0873. The van der Waals surface area contributed by atoms with Gasteiger partial charge >= 0.3 is 0 Å². The Morgan fingerprint density at radius 1 is 1.10 bits per heavy atom.